The third-order valence-electron chi connectivity index (χ3n) is 1.63. The largest absolute Gasteiger partial charge is 0.329 e. The van der Waals surface area contributed by atoms with Crippen LogP contribution in [0.25, 0.3) is 0 Å². The van der Waals surface area contributed by atoms with Crippen LogP contribution >= 0.6 is 24.0 Å². The molecule has 1 rings (SSSR count). The molecule has 0 aromatic heterocycles. The lowest BCUT2D eigenvalue weighted by molar-refractivity contribution is 0.620. The van der Waals surface area contributed by atoms with E-state index in [1.54, 1.807) is 12.1 Å². The minimum Gasteiger partial charge on any atom is -0.329 e. The van der Waals surface area contributed by atoms with Crippen LogP contribution in [0.5, 0.6) is 0 Å². The standard InChI is InChI=1S/C8H10ClFN2.ClH/c9-8-5(7(12)4-11)2-1-3-6(8)10;/h1-3,7H,4,11-12H2;1H/t7-;/m1./s1. The highest BCUT2D eigenvalue weighted by Crippen LogP contribution is 2.23. The second kappa shape index (κ2) is 5.40. The van der Waals surface area contributed by atoms with Gasteiger partial charge >= 0.3 is 0 Å². The van der Waals surface area contributed by atoms with Crippen LogP contribution in [0.15, 0.2) is 18.2 Å². The van der Waals surface area contributed by atoms with Crippen LogP contribution in [0, 0.1) is 5.82 Å². The highest BCUT2D eigenvalue weighted by molar-refractivity contribution is 6.31. The zero-order valence-corrected chi connectivity index (χ0v) is 8.41. The van der Waals surface area contributed by atoms with Crippen molar-refractivity contribution in [2.75, 3.05) is 6.54 Å². The van der Waals surface area contributed by atoms with Crippen molar-refractivity contribution < 1.29 is 4.39 Å². The number of benzene rings is 1. The number of hydrogen-bond donors (Lipinski definition) is 2. The van der Waals surface area contributed by atoms with Crippen LogP contribution in [0.3, 0.4) is 0 Å². The molecule has 0 aliphatic heterocycles. The van der Waals surface area contributed by atoms with E-state index in [4.69, 9.17) is 23.1 Å². The first kappa shape index (κ1) is 12.7. The van der Waals surface area contributed by atoms with Crippen molar-refractivity contribution in [2.24, 2.45) is 11.5 Å². The Morgan fingerprint density at radius 1 is 1.46 bits per heavy atom. The van der Waals surface area contributed by atoms with Crippen molar-refractivity contribution in [3.63, 3.8) is 0 Å². The van der Waals surface area contributed by atoms with Crippen LogP contribution in [0.1, 0.15) is 11.6 Å². The van der Waals surface area contributed by atoms with Crippen LogP contribution in [-0.4, -0.2) is 6.54 Å². The molecule has 74 valence electrons. The molecule has 0 aliphatic rings. The molecular formula is C8H11Cl2FN2. The van der Waals surface area contributed by atoms with E-state index in [1.165, 1.54) is 6.07 Å². The molecule has 2 nitrogen and oxygen atoms in total. The first-order valence-electron chi connectivity index (χ1n) is 3.56. The average molecular weight is 225 g/mol. The van der Waals surface area contributed by atoms with E-state index < -0.39 is 11.9 Å². The Labute approximate surface area is 87.5 Å². The third kappa shape index (κ3) is 2.81. The Bertz CT molecular complexity index is 281. The molecule has 0 saturated carbocycles. The molecule has 0 spiro atoms. The van der Waals surface area contributed by atoms with Gasteiger partial charge in [0.2, 0.25) is 0 Å². The SMILES string of the molecule is Cl.NC[C@@H](N)c1cccc(F)c1Cl. The van der Waals surface area contributed by atoms with Crippen molar-refractivity contribution in [2.45, 2.75) is 6.04 Å². The molecule has 0 bridgehead atoms. The van der Waals surface area contributed by atoms with Crippen LogP contribution in [0.2, 0.25) is 5.02 Å². The maximum Gasteiger partial charge on any atom is 0.142 e. The number of hydrogen-bond acceptors (Lipinski definition) is 2. The van der Waals surface area contributed by atoms with Crippen molar-refractivity contribution in [3.05, 3.63) is 34.6 Å². The fourth-order valence-corrected chi connectivity index (χ4v) is 1.20. The Kier molecular flexibility index (Phi) is 5.25. The van der Waals surface area contributed by atoms with E-state index >= 15 is 0 Å². The summed E-state index contributed by atoms with van der Waals surface area (Å²) in [5, 5.41) is 0.0652. The van der Waals surface area contributed by atoms with Gasteiger partial charge in [-0.2, -0.15) is 0 Å². The van der Waals surface area contributed by atoms with Gasteiger partial charge in [-0.25, -0.2) is 4.39 Å². The van der Waals surface area contributed by atoms with Crippen molar-refractivity contribution in [1.29, 1.82) is 0 Å². The Morgan fingerprint density at radius 3 is 2.62 bits per heavy atom. The molecular weight excluding hydrogens is 214 g/mol. The average Bonchev–Trinajstić information content (AvgIpc) is 2.08. The highest BCUT2D eigenvalue weighted by atomic mass is 35.5. The van der Waals surface area contributed by atoms with Crippen LogP contribution in [-0.2, 0) is 0 Å². The summed E-state index contributed by atoms with van der Waals surface area (Å²) in [6.07, 6.45) is 0. The summed E-state index contributed by atoms with van der Waals surface area (Å²) in [6.45, 7) is 0.253. The van der Waals surface area contributed by atoms with Gasteiger partial charge in [0.05, 0.1) is 5.02 Å². The quantitative estimate of drug-likeness (QED) is 0.807. The van der Waals surface area contributed by atoms with E-state index in [1.807, 2.05) is 0 Å². The summed E-state index contributed by atoms with van der Waals surface area (Å²) in [4.78, 5) is 0. The maximum atomic E-state index is 12.8. The minimum atomic E-state index is -0.460. The smallest absolute Gasteiger partial charge is 0.142 e. The number of rotatable bonds is 2. The molecule has 0 saturated heterocycles. The van der Waals surface area contributed by atoms with Gasteiger partial charge in [0, 0.05) is 12.6 Å². The van der Waals surface area contributed by atoms with Gasteiger partial charge in [0.1, 0.15) is 5.82 Å². The third-order valence-corrected chi connectivity index (χ3v) is 2.03. The maximum absolute atomic E-state index is 12.8. The fourth-order valence-electron chi connectivity index (χ4n) is 0.934. The highest BCUT2D eigenvalue weighted by Gasteiger charge is 2.10. The molecule has 13 heavy (non-hydrogen) atoms. The lowest BCUT2D eigenvalue weighted by atomic mass is 10.1. The van der Waals surface area contributed by atoms with E-state index in [0.29, 0.717) is 5.56 Å². The van der Waals surface area contributed by atoms with Crippen molar-refractivity contribution in [3.8, 4) is 0 Å². The molecule has 0 unspecified atom stereocenters. The van der Waals surface area contributed by atoms with Gasteiger partial charge in [0.25, 0.3) is 0 Å². The van der Waals surface area contributed by atoms with E-state index in [0.717, 1.165) is 0 Å². The zero-order valence-electron chi connectivity index (χ0n) is 6.84. The summed E-state index contributed by atoms with van der Waals surface area (Å²) in [7, 11) is 0. The zero-order chi connectivity index (χ0) is 9.14. The molecule has 0 radical (unpaired) electrons. The molecule has 5 heteroatoms. The summed E-state index contributed by atoms with van der Waals surface area (Å²) in [5.41, 5.74) is 11.5. The summed E-state index contributed by atoms with van der Waals surface area (Å²) >= 11 is 5.66. The monoisotopic (exact) mass is 224 g/mol. The summed E-state index contributed by atoms with van der Waals surface area (Å²) in [6, 6.07) is 4.12. The van der Waals surface area contributed by atoms with Crippen molar-refractivity contribution in [1.82, 2.24) is 0 Å². The predicted molar refractivity (Wildman–Crippen MR) is 54.6 cm³/mol. The number of nitrogens with two attached hydrogens (primary N) is 2. The predicted octanol–water partition coefficient (Wildman–Crippen LogP) is 1.86. The Morgan fingerprint density at radius 2 is 2.08 bits per heavy atom. The Hall–Kier alpha value is -0.350. The van der Waals surface area contributed by atoms with Gasteiger partial charge in [0.15, 0.2) is 0 Å². The molecule has 0 amide bonds. The lowest BCUT2D eigenvalue weighted by Crippen LogP contribution is -2.21. The first-order valence-corrected chi connectivity index (χ1v) is 3.94. The molecule has 0 heterocycles. The van der Waals surface area contributed by atoms with E-state index in [9.17, 15) is 4.39 Å². The van der Waals surface area contributed by atoms with Crippen molar-refractivity contribution >= 4 is 24.0 Å². The van der Waals surface area contributed by atoms with Gasteiger partial charge in [-0.15, -0.1) is 12.4 Å². The fraction of sp³-hybridized carbons (Fsp3) is 0.250. The minimum absolute atomic E-state index is 0. The Balaban J connectivity index is 0.00000144. The summed E-state index contributed by atoms with van der Waals surface area (Å²) in [5.74, 6) is -0.460. The lowest BCUT2D eigenvalue weighted by Gasteiger charge is -2.10. The van der Waals surface area contributed by atoms with Gasteiger partial charge < -0.3 is 11.5 Å². The molecule has 1 aromatic carbocycles. The number of halogens is 3. The first-order chi connectivity index (χ1) is 5.66. The van der Waals surface area contributed by atoms with E-state index in [-0.39, 0.29) is 24.0 Å². The van der Waals surface area contributed by atoms with E-state index in [2.05, 4.69) is 0 Å². The molecule has 1 aromatic rings. The normalized spacial score (nSPS) is 12.0. The topological polar surface area (TPSA) is 52.0 Å². The second-order valence-corrected chi connectivity index (χ2v) is 2.86. The molecule has 1 atom stereocenters. The summed E-state index contributed by atoms with van der Waals surface area (Å²) < 4.78 is 12.8. The molecule has 0 fully saturated rings. The van der Waals surface area contributed by atoms with Gasteiger partial charge in [-0.05, 0) is 11.6 Å². The molecule has 4 N–H and O–H groups in total. The second-order valence-electron chi connectivity index (χ2n) is 2.49. The van der Waals surface area contributed by atoms with Crippen LogP contribution in [0.4, 0.5) is 4.39 Å². The van der Waals surface area contributed by atoms with Gasteiger partial charge in [-0.1, -0.05) is 23.7 Å². The molecule has 0 aliphatic carbocycles. The van der Waals surface area contributed by atoms with Crippen LogP contribution < -0.4 is 11.5 Å². The van der Waals surface area contributed by atoms with Gasteiger partial charge in [-0.3, -0.25) is 0 Å².